The van der Waals surface area contributed by atoms with Crippen LogP contribution in [0.2, 0.25) is 354 Å². The van der Waals surface area contributed by atoms with Gasteiger partial charge >= 0.3 is 226 Å². The molecule has 0 bridgehead atoms. The van der Waals surface area contributed by atoms with E-state index in [4.69, 9.17) is 126 Å². The lowest BCUT2D eigenvalue weighted by Crippen LogP contribution is -2.63. The van der Waals surface area contributed by atoms with Crippen molar-refractivity contribution in [2.24, 2.45) is 0 Å². The third-order valence-electron chi connectivity index (χ3n) is 14.3. The van der Waals surface area contributed by atoms with Crippen molar-refractivity contribution in [3.63, 3.8) is 0 Å². The van der Waals surface area contributed by atoms with Gasteiger partial charge in [0, 0.05) is 0 Å². The molecular weight excluding hydrogens is 2010 g/mol. The molecule has 0 saturated carbocycles. The molecule has 0 unspecified atom stereocenters. The topological polar surface area (TPSA) is 311 Å². The summed E-state index contributed by atoms with van der Waals surface area (Å²) in [6, 6.07) is 0. The number of ether oxygens (including phenoxy) is 4. The third-order valence-corrected chi connectivity index (χ3v) is 119. The molecule has 0 aromatic heterocycles. The molecule has 0 spiro atoms. The van der Waals surface area contributed by atoms with E-state index in [-0.39, 0.29) is 12.5 Å². The van der Waals surface area contributed by atoms with E-state index in [9.17, 15) is 9.59 Å². The Kier molecular flexibility index (Phi) is 44.5. The second kappa shape index (κ2) is 43.5. The Labute approximate surface area is 763 Å². The van der Waals surface area contributed by atoms with Gasteiger partial charge in [-0.25, -0.2) is 9.59 Å². The Morgan fingerprint density at radius 3 is 0.306 bits per heavy atom. The standard InChI is InChI=1S/C62H172O32Si27/c1-57-65-61(63)67-59-95(3,4)69-97(7,8)71-99(11,12)73-101(15,16)75-103(19,20)77-105(23,24)79-107(27,28)81-109(31,32)83-111(35,36)85-113(39,40)87-115(43,44)89-117(47,48)91-119(51,52)93-121(55,56)94-120(53,54)92-118(49,50)90-116(45,46)88-114(41,42)86-112(37,38)84-110(33,34)82-108(29,30)80-106(25,26)78-104(21,22)76-102(17,18)74-100(13,14)72-98(9,10)70-96(5,6)60-68-62(64)66-58-2/h57-58H,1-2,59-60H2,3-56H3. The van der Waals surface area contributed by atoms with Crippen LogP contribution in [0.1, 0.15) is 0 Å². The summed E-state index contributed by atoms with van der Waals surface area (Å²) in [6.45, 7) is 116. The minimum atomic E-state index is -2.95. The van der Waals surface area contributed by atoms with Gasteiger partial charge in [0.15, 0.2) is 0 Å². The van der Waals surface area contributed by atoms with Crippen molar-refractivity contribution < 1.29 is 136 Å². The average molecular weight is 2190 g/mol. The molecule has 0 aromatic carbocycles. The van der Waals surface area contributed by atoms with Crippen LogP contribution in [0.5, 0.6) is 0 Å². The summed E-state index contributed by atoms with van der Waals surface area (Å²) >= 11 is 0. The molecule has 0 aliphatic carbocycles. The first-order valence-corrected chi connectivity index (χ1v) is 118. The number of hydrogen-bond acceptors (Lipinski definition) is 32. The molecule has 0 radical (unpaired) electrons. The molecule has 32 nitrogen and oxygen atoms in total. The van der Waals surface area contributed by atoms with Crippen molar-refractivity contribution in [3.8, 4) is 0 Å². The SMILES string of the molecule is C=COC(=O)OC[Si](C)(C)O[Si](C)(C)O[Si](C)(C)O[Si](C)(C)O[Si](C)(C)O[Si](C)(C)O[Si](C)(C)O[Si](C)(C)O[Si](C)(C)O[Si](C)(C)O[Si](C)(C)O[Si](C)(C)O[Si](C)(C)O[Si](C)(C)O[Si](C)(C)O[Si](C)(C)O[Si](C)(C)O[Si](C)(C)O[Si](C)(C)O[Si](C)(C)O[Si](C)(C)O[Si](C)(C)O[Si](C)(C)O[Si](C)(C)O[Si](C)(C)O[Si](C)(C)O[Si](C)(C)COC(=O)OC=C. The van der Waals surface area contributed by atoms with Crippen molar-refractivity contribution in [1.82, 2.24) is 0 Å². The van der Waals surface area contributed by atoms with Crippen LogP contribution >= 0.6 is 0 Å². The Bertz CT molecular complexity index is 3100. The molecule has 0 rings (SSSR count). The van der Waals surface area contributed by atoms with Crippen molar-refractivity contribution in [1.29, 1.82) is 0 Å². The molecular formula is C62H172O32Si27. The summed E-state index contributed by atoms with van der Waals surface area (Å²) < 4.78 is 200. The predicted octanol–water partition coefficient (Wildman–Crippen LogP) is 21.0. The van der Waals surface area contributed by atoms with E-state index in [1.54, 1.807) is 0 Å². The lowest BCUT2D eigenvalue weighted by atomic mass is 11.1. The second-order valence-electron chi connectivity index (χ2n) is 42.8. The highest BCUT2D eigenvalue weighted by Gasteiger charge is 2.57. The number of hydrogen-bond donors (Lipinski definition) is 0. The molecule has 0 aromatic rings. The molecule has 0 aliphatic rings. The normalized spacial score (nSPS) is 15.6. The summed E-state index contributed by atoms with van der Waals surface area (Å²) in [5, 5.41) is 0. The fourth-order valence-electron chi connectivity index (χ4n) is 16.8. The number of carbonyl (C=O) groups excluding carboxylic acids is 2. The molecule has 0 N–H and O–H groups in total. The van der Waals surface area contributed by atoms with Crippen LogP contribution in [0.15, 0.2) is 25.7 Å². The molecule has 0 amide bonds. The van der Waals surface area contributed by atoms with Crippen LogP contribution in [0.25, 0.3) is 0 Å². The van der Waals surface area contributed by atoms with Gasteiger partial charge in [0.2, 0.25) is 16.6 Å². The van der Waals surface area contributed by atoms with Crippen LogP contribution in [0.3, 0.4) is 0 Å². The van der Waals surface area contributed by atoms with Crippen LogP contribution < -0.4 is 0 Å². The van der Waals surface area contributed by atoms with Crippen molar-refractivity contribution in [2.75, 3.05) is 12.5 Å². The maximum Gasteiger partial charge on any atom is 0.513 e. The largest absolute Gasteiger partial charge is 0.513 e. The van der Waals surface area contributed by atoms with Crippen molar-refractivity contribution >= 4 is 243 Å². The van der Waals surface area contributed by atoms with Gasteiger partial charge in [-0.2, -0.15) is 0 Å². The molecule has 121 heavy (non-hydrogen) atoms. The van der Waals surface area contributed by atoms with E-state index < -0.39 is 243 Å². The monoisotopic (exact) mass is 2180 g/mol. The average Bonchev–Trinajstić information content (AvgIpc) is 0.796. The number of carbonyl (C=O) groups is 2. The zero-order valence-corrected chi connectivity index (χ0v) is 113. The maximum atomic E-state index is 11.9. The number of rotatable bonds is 58. The minimum absolute atomic E-state index is 0.0979. The Morgan fingerprint density at radius 1 is 0.157 bits per heavy atom. The van der Waals surface area contributed by atoms with Crippen LogP contribution in [0.4, 0.5) is 9.59 Å². The first-order valence-electron chi connectivity index (χ1n) is 41.4. The molecule has 0 atom stereocenters. The molecule has 59 heteroatoms. The lowest BCUT2D eigenvalue weighted by Gasteiger charge is -2.45. The highest BCUT2D eigenvalue weighted by Crippen LogP contribution is 2.38. The molecule has 0 heterocycles. The zero-order valence-electron chi connectivity index (χ0n) is 85.5. The van der Waals surface area contributed by atoms with Crippen LogP contribution in [-0.2, 0) is 126 Å². The molecule has 0 saturated heterocycles. The smallest absolute Gasteiger partial charge is 0.435 e. The lowest BCUT2D eigenvalue weighted by molar-refractivity contribution is 0.0944. The summed E-state index contributed by atoms with van der Waals surface area (Å²) in [5.74, 6) is 0. The van der Waals surface area contributed by atoms with E-state index in [1.165, 1.54) is 0 Å². The van der Waals surface area contributed by atoms with E-state index in [0.717, 1.165) is 12.5 Å². The van der Waals surface area contributed by atoms with Crippen LogP contribution in [-0.4, -0.2) is 255 Å². The maximum absolute atomic E-state index is 11.9. The van der Waals surface area contributed by atoms with Gasteiger partial charge < -0.3 is 126 Å². The predicted molar refractivity (Wildman–Crippen MR) is 545 cm³/mol. The summed E-state index contributed by atoms with van der Waals surface area (Å²) in [5.41, 5.74) is 0. The summed E-state index contributed by atoms with van der Waals surface area (Å²) in [7, 11) is -77.7. The van der Waals surface area contributed by atoms with Crippen molar-refractivity contribution in [3.05, 3.63) is 25.7 Å². The molecule has 0 aliphatic heterocycles. The van der Waals surface area contributed by atoms with E-state index >= 15 is 0 Å². The molecule has 720 valence electrons. The zero-order chi connectivity index (χ0) is 96.7. The van der Waals surface area contributed by atoms with E-state index in [0.29, 0.717) is 0 Å². The Hall–Kier alpha value is 2.84. The molecule has 0 fully saturated rings. The van der Waals surface area contributed by atoms with Gasteiger partial charge in [-0.15, -0.1) is 0 Å². The third kappa shape index (κ3) is 57.4. The minimum Gasteiger partial charge on any atom is -0.435 e. The van der Waals surface area contributed by atoms with Gasteiger partial charge in [-0.1, -0.05) is 13.2 Å². The van der Waals surface area contributed by atoms with E-state index in [2.05, 4.69) is 13.2 Å². The first kappa shape index (κ1) is 124. The fraction of sp³-hybridized carbons (Fsp3) is 0.903. The Morgan fingerprint density at radius 2 is 0.231 bits per heavy atom. The second-order valence-corrected chi connectivity index (χ2v) is 142. The van der Waals surface area contributed by atoms with Crippen LogP contribution in [0, 0.1) is 0 Å². The van der Waals surface area contributed by atoms with Gasteiger partial charge in [0.05, 0.1) is 12.5 Å². The van der Waals surface area contributed by atoms with Crippen molar-refractivity contribution in [2.45, 2.75) is 354 Å². The summed E-state index contributed by atoms with van der Waals surface area (Å²) in [6.07, 6.45) is 0.608. The van der Waals surface area contributed by atoms with Gasteiger partial charge in [0.1, 0.15) is 12.5 Å². The summed E-state index contributed by atoms with van der Waals surface area (Å²) in [4.78, 5) is 23.7. The van der Waals surface area contributed by atoms with Gasteiger partial charge in [0.25, 0.3) is 0 Å². The highest BCUT2D eigenvalue weighted by molar-refractivity contribution is 6.98. The quantitative estimate of drug-likeness (QED) is 0.0310. The van der Waals surface area contributed by atoms with Gasteiger partial charge in [-0.3, -0.25) is 0 Å². The van der Waals surface area contributed by atoms with E-state index in [1.807, 2.05) is 354 Å². The first-order chi connectivity index (χ1) is 52.3. The Balaban J connectivity index is 5.94. The highest BCUT2D eigenvalue weighted by atomic mass is 28.6. The fourth-order valence-corrected chi connectivity index (χ4v) is 156. The van der Waals surface area contributed by atoms with Gasteiger partial charge in [-0.05, 0) is 354 Å².